The Balaban J connectivity index is 2.14. The van der Waals surface area contributed by atoms with Crippen LogP contribution in [0.2, 0.25) is 5.02 Å². The Morgan fingerprint density at radius 2 is 1.74 bits per heavy atom. The van der Waals surface area contributed by atoms with Crippen molar-refractivity contribution in [3.8, 4) is 6.07 Å². The minimum Gasteiger partial charge on any atom is -0.297 e. The number of nitriles is 1. The van der Waals surface area contributed by atoms with Crippen molar-refractivity contribution in [2.75, 3.05) is 0 Å². The molecule has 2 aromatic rings. The number of benzene rings is 2. The summed E-state index contributed by atoms with van der Waals surface area (Å²) in [5.74, 6) is -0.812. The fraction of sp³-hybridized carbons (Fsp3) is 0.125. The first kappa shape index (κ1) is 13.3. The standard InChI is InChI=1S/C16H12ClNO/c17-14-8-6-12(7-9-14)10-16(19)15(11-18)13-4-2-1-3-5-13/h1-9,15H,10H2. The number of hydrogen-bond acceptors (Lipinski definition) is 2. The van der Waals surface area contributed by atoms with E-state index >= 15 is 0 Å². The number of Topliss-reactive ketones (excluding diaryl/α,β-unsaturated/α-hetero) is 1. The van der Waals surface area contributed by atoms with E-state index in [1.165, 1.54) is 0 Å². The molecule has 3 heteroatoms. The van der Waals surface area contributed by atoms with Crippen LogP contribution in [0.25, 0.3) is 0 Å². The first-order valence-corrected chi connectivity index (χ1v) is 6.30. The van der Waals surface area contributed by atoms with Crippen LogP contribution in [0.4, 0.5) is 0 Å². The lowest BCUT2D eigenvalue weighted by Crippen LogP contribution is -2.13. The predicted molar refractivity (Wildman–Crippen MR) is 75.0 cm³/mol. The summed E-state index contributed by atoms with van der Waals surface area (Å²) in [6, 6.07) is 18.3. The van der Waals surface area contributed by atoms with Crippen molar-refractivity contribution in [3.63, 3.8) is 0 Å². The molecule has 0 N–H and O–H groups in total. The van der Waals surface area contributed by atoms with E-state index in [0.717, 1.165) is 11.1 Å². The molecule has 1 unspecified atom stereocenters. The van der Waals surface area contributed by atoms with Gasteiger partial charge in [0.1, 0.15) is 5.92 Å². The van der Waals surface area contributed by atoms with Gasteiger partial charge in [0.2, 0.25) is 0 Å². The van der Waals surface area contributed by atoms with Crippen LogP contribution in [-0.4, -0.2) is 5.78 Å². The van der Waals surface area contributed by atoms with Gasteiger partial charge in [0.05, 0.1) is 6.07 Å². The van der Waals surface area contributed by atoms with Gasteiger partial charge in [0.15, 0.2) is 5.78 Å². The zero-order valence-electron chi connectivity index (χ0n) is 10.2. The summed E-state index contributed by atoms with van der Waals surface area (Å²) in [5, 5.41) is 9.82. The minimum absolute atomic E-state index is 0.101. The highest BCUT2D eigenvalue weighted by Crippen LogP contribution is 2.18. The van der Waals surface area contributed by atoms with Gasteiger partial charge in [0.25, 0.3) is 0 Å². The Kier molecular flexibility index (Phi) is 4.33. The van der Waals surface area contributed by atoms with Crippen molar-refractivity contribution in [2.45, 2.75) is 12.3 Å². The van der Waals surface area contributed by atoms with Gasteiger partial charge in [-0.1, -0.05) is 54.1 Å². The van der Waals surface area contributed by atoms with E-state index in [1.807, 2.05) is 18.2 Å². The quantitative estimate of drug-likeness (QED) is 0.848. The lowest BCUT2D eigenvalue weighted by Gasteiger charge is -2.08. The Labute approximate surface area is 117 Å². The topological polar surface area (TPSA) is 40.9 Å². The third-order valence-electron chi connectivity index (χ3n) is 2.88. The van der Waals surface area contributed by atoms with E-state index in [1.54, 1.807) is 36.4 Å². The maximum Gasteiger partial charge on any atom is 0.158 e. The largest absolute Gasteiger partial charge is 0.297 e. The fourth-order valence-electron chi connectivity index (χ4n) is 1.88. The summed E-state index contributed by atoms with van der Waals surface area (Å²) >= 11 is 5.80. The number of carbonyl (C=O) groups is 1. The van der Waals surface area contributed by atoms with Gasteiger partial charge in [0, 0.05) is 11.4 Å². The van der Waals surface area contributed by atoms with Crippen LogP contribution in [-0.2, 0) is 11.2 Å². The molecule has 0 aromatic heterocycles. The second-order valence-electron chi connectivity index (χ2n) is 4.24. The highest BCUT2D eigenvalue weighted by atomic mass is 35.5. The molecular formula is C16H12ClNO. The van der Waals surface area contributed by atoms with Crippen molar-refractivity contribution >= 4 is 17.4 Å². The molecule has 0 aliphatic carbocycles. The van der Waals surface area contributed by atoms with Crippen LogP contribution in [0.5, 0.6) is 0 Å². The van der Waals surface area contributed by atoms with Crippen molar-refractivity contribution < 1.29 is 4.79 Å². The van der Waals surface area contributed by atoms with Crippen LogP contribution in [0.15, 0.2) is 54.6 Å². The van der Waals surface area contributed by atoms with Gasteiger partial charge in [-0.2, -0.15) is 5.26 Å². The highest BCUT2D eigenvalue weighted by Gasteiger charge is 2.19. The Morgan fingerprint density at radius 3 is 2.32 bits per heavy atom. The summed E-state index contributed by atoms with van der Waals surface area (Å²) < 4.78 is 0. The summed E-state index contributed by atoms with van der Waals surface area (Å²) in [6.07, 6.45) is 0.240. The zero-order valence-corrected chi connectivity index (χ0v) is 11.0. The van der Waals surface area contributed by atoms with Crippen molar-refractivity contribution in [1.82, 2.24) is 0 Å². The monoisotopic (exact) mass is 269 g/mol. The second kappa shape index (κ2) is 6.17. The van der Waals surface area contributed by atoms with E-state index in [-0.39, 0.29) is 12.2 Å². The number of rotatable bonds is 4. The third-order valence-corrected chi connectivity index (χ3v) is 3.13. The van der Waals surface area contributed by atoms with Crippen molar-refractivity contribution in [3.05, 3.63) is 70.7 Å². The molecule has 0 fully saturated rings. The summed E-state index contributed by atoms with van der Waals surface area (Å²) in [4.78, 5) is 12.2. The van der Waals surface area contributed by atoms with Gasteiger partial charge in [-0.25, -0.2) is 0 Å². The molecule has 0 spiro atoms. The summed E-state index contributed by atoms with van der Waals surface area (Å²) in [7, 11) is 0. The summed E-state index contributed by atoms with van der Waals surface area (Å²) in [6.45, 7) is 0. The molecule has 2 aromatic carbocycles. The van der Waals surface area contributed by atoms with Crippen LogP contribution >= 0.6 is 11.6 Å². The van der Waals surface area contributed by atoms with Gasteiger partial charge in [-0.15, -0.1) is 0 Å². The van der Waals surface area contributed by atoms with Gasteiger partial charge >= 0.3 is 0 Å². The van der Waals surface area contributed by atoms with E-state index in [9.17, 15) is 10.1 Å². The molecule has 0 heterocycles. The summed E-state index contributed by atoms with van der Waals surface area (Å²) in [5.41, 5.74) is 1.61. The highest BCUT2D eigenvalue weighted by molar-refractivity contribution is 6.30. The van der Waals surface area contributed by atoms with Gasteiger partial charge < -0.3 is 0 Å². The molecule has 94 valence electrons. The zero-order chi connectivity index (χ0) is 13.7. The molecule has 0 radical (unpaired) electrons. The molecule has 0 saturated carbocycles. The molecule has 0 aliphatic heterocycles. The Morgan fingerprint density at radius 1 is 1.11 bits per heavy atom. The third kappa shape index (κ3) is 3.43. The number of ketones is 1. The molecule has 0 bridgehead atoms. The van der Waals surface area contributed by atoms with Crippen molar-refractivity contribution in [2.24, 2.45) is 0 Å². The fourth-order valence-corrected chi connectivity index (χ4v) is 2.01. The van der Waals surface area contributed by atoms with Crippen LogP contribution < -0.4 is 0 Å². The second-order valence-corrected chi connectivity index (χ2v) is 4.68. The first-order valence-electron chi connectivity index (χ1n) is 5.92. The Hall–Kier alpha value is -2.11. The Bertz CT molecular complexity index is 599. The van der Waals surface area contributed by atoms with Crippen LogP contribution in [0.3, 0.4) is 0 Å². The maximum absolute atomic E-state index is 12.2. The molecule has 2 nitrogen and oxygen atoms in total. The van der Waals surface area contributed by atoms with Crippen molar-refractivity contribution in [1.29, 1.82) is 5.26 Å². The lowest BCUT2D eigenvalue weighted by molar-refractivity contribution is -0.118. The molecule has 0 saturated heterocycles. The van der Waals surface area contributed by atoms with E-state index in [4.69, 9.17) is 11.6 Å². The van der Waals surface area contributed by atoms with E-state index < -0.39 is 5.92 Å². The smallest absolute Gasteiger partial charge is 0.158 e. The lowest BCUT2D eigenvalue weighted by atomic mass is 9.92. The minimum atomic E-state index is -0.711. The number of halogens is 1. The maximum atomic E-state index is 12.2. The van der Waals surface area contributed by atoms with Crippen LogP contribution in [0.1, 0.15) is 17.0 Å². The predicted octanol–water partition coefficient (Wildman–Crippen LogP) is 3.76. The molecule has 0 amide bonds. The average Bonchev–Trinajstić information content (AvgIpc) is 2.43. The van der Waals surface area contributed by atoms with E-state index in [0.29, 0.717) is 5.02 Å². The average molecular weight is 270 g/mol. The van der Waals surface area contributed by atoms with Crippen LogP contribution in [0, 0.1) is 11.3 Å². The molecule has 2 rings (SSSR count). The molecule has 1 atom stereocenters. The molecule has 19 heavy (non-hydrogen) atoms. The van der Waals surface area contributed by atoms with Gasteiger partial charge in [-0.3, -0.25) is 4.79 Å². The van der Waals surface area contributed by atoms with Gasteiger partial charge in [-0.05, 0) is 23.3 Å². The first-order chi connectivity index (χ1) is 9.20. The number of hydrogen-bond donors (Lipinski definition) is 0. The molecule has 0 aliphatic rings. The number of nitrogens with zero attached hydrogens (tertiary/aromatic N) is 1. The normalized spacial score (nSPS) is 11.6. The van der Waals surface area contributed by atoms with E-state index in [2.05, 4.69) is 6.07 Å². The SMILES string of the molecule is N#CC(C(=O)Cc1ccc(Cl)cc1)c1ccccc1. The molecular weight excluding hydrogens is 258 g/mol. The number of carbonyl (C=O) groups excluding carboxylic acids is 1.